The molecule has 1 aromatic carbocycles. The summed E-state index contributed by atoms with van der Waals surface area (Å²) in [5, 5.41) is 6.49. The number of amides is 1. The average molecular weight is 357 g/mol. The molecule has 0 saturated carbocycles. The molecule has 3 unspecified atom stereocenters. The van der Waals surface area contributed by atoms with E-state index in [1.807, 2.05) is 24.3 Å². The van der Waals surface area contributed by atoms with Gasteiger partial charge in [0.05, 0.1) is 17.2 Å². The van der Waals surface area contributed by atoms with Crippen molar-refractivity contribution in [3.8, 4) is 0 Å². The van der Waals surface area contributed by atoms with E-state index in [0.29, 0.717) is 11.6 Å². The molecule has 1 aromatic heterocycles. The zero-order valence-electron chi connectivity index (χ0n) is 13.2. The summed E-state index contributed by atoms with van der Waals surface area (Å²) < 4.78 is 0. The fraction of sp³-hybridized carbons (Fsp3) is 0.438. The van der Waals surface area contributed by atoms with Crippen LogP contribution in [0, 0.1) is 5.92 Å². The van der Waals surface area contributed by atoms with Crippen molar-refractivity contribution >= 4 is 41.8 Å². The Kier molecular flexibility index (Phi) is 7.19. The molecule has 5 nitrogen and oxygen atoms in total. The highest BCUT2D eigenvalue weighted by Crippen LogP contribution is 2.17. The minimum atomic E-state index is -0.152. The van der Waals surface area contributed by atoms with E-state index in [9.17, 15) is 4.79 Å². The van der Waals surface area contributed by atoms with Crippen LogP contribution in [0.15, 0.2) is 30.5 Å². The Labute approximate surface area is 148 Å². The van der Waals surface area contributed by atoms with E-state index >= 15 is 0 Å². The van der Waals surface area contributed by atoms with E-state index in [0.717, 1.165) is 24.0 Å². The number of fused-ring (bicyclic) bond motifs is 1. The fourth-order valence-corrected chi connectivity index (χ4v) is 2.90. The Balaban J connectivity index is 0.00000132. The quantitative estimate of drug-likeness (QED) is 0.867. The van der Waals surface area contributed by atoms with Crippen molar-refractivity contribution in [1.29, 1.82) is 0 Å². The predicted molar refractivity (Wildman–Crippen MR) is 96.5 cm³/mol. The van der Waals surface area contributed by atoms with Gasteiger partial charge in [0.15, 0.2) is 0 Å². The van der Waals surface area contributed by atoms with Crippen LogP contribution in [0.3, 0.4) is 0 Å². The van der Waals surface area contributed by atoms with Crippen LogP contribution in [0.5, 0.6) is 0 Å². The molecule has 0 radical (unpaired) electrons. The van der Waals surface area contributed by atoms with E-state index < -0.39 is 0 Å². The van der Waals surface area contributed by atoms with Gasteiger partial charge in [-0.25, -0.2) is 4.98 Å². The van der Waals surface area contributed by atoms with Crippen LogP contribution < -0.4 is 10.6 Å². The van der Waals surface area contributed by atoms with Gasteiger partial charge in [-0.05, 0) is 37.9 Å². The molecule has 126 valence electrons. The number of benzene rings is 1. The van der Waals surface area contributed by atoms with Crippen molar-refractivity contribution in [2.75, 3.05) is 6.54 Å². The number of carbonyl (C=O) groups is 1. The fourth-order valence-electron chi connectivity index (χ4n) is 2.90. The first-order chi connectivity index (χ1) is 10.1. The first-order valence-corrected chi connectivity index (χ1v) is 7.41. The largest absolute Gasteiger partial charge is 0.346 e. The first-order valence-electron chi connectivity index (χ1n) is 7.41. The molecule has 0 spiro atoms. The van der Waals surface area contributed by atoms with Crippen molar-refractivity contribution in [3.05, 3.63) is 36.2 Å². The molecule has 0 aliphatic carbocycles. The van der Waals surface area contributed by atoms with Crippen LogP contribution in [0.1, 0.15) is 30.8 Å². The van der Waals surface area contributed by atoms with Gasteiger partial charge >= 0.3 is 0 Å². The number of aromatic nitrogens is 2. The number of rotatable bonds is 2. The van der Waals surface area contributed by atoms with Crippen molar-refractivity contribution in [1.82, 2.24) is 20.6 Å². The summed E-state index contributed by atoms with van der Waals surface area (Å²) in [6, 6.07) is 7.96. The van der Waals surface area contributed by atoms with Gasteiger partial charge in [0.2, 0.25) is 0 Å². The van der Waals surface area contributed by atoms with Crippen LogP contribution in [-0.2, 0) is 0 Å². The molecule has 1 saturated heterocycles. The monoisotopic (exact) mass is 356 g/mol. The Morgan fingerprint density at radius 3 is 2.61 bits per heavy atom. The summed E-state index contributed by atoms with van der Waals surface area (Å²) in [5.74, 6) is 0.305. The lowest BCUT2D eigenvalue weighted by Gasteiger charge is -2.35. The first kappa shape index (κ1) is 19.6. The molecule has 1 amide bonds. The number of nitrogens with one attached hydrogen (secondary N) is 2. The van der Waals surface area contributed by atoms with Crippen molar-refractivity contribution in [3.63, 3.8) is 0 Å². The summed E-state index contributed by atoms with van der Waals surface area (Å²) in [6.07, 6.45) is 2.61. The van der Waals surface area contributed by atoms with E-state index in [2.05, 4.69) is 34.4 Å². The van der Waals surface area contributed by atoms with Crippen LogP contribution in [0.25, 0.3) is 11.0 Å². The standard InChI is InChI=1S/C16H20N4O.2ClH/c1-10-7-8-17-11(2)15(10)20-16(21)14-9-18-12-5-3-4-6-13(12)19-14;;/h3-6,9-11,15,17H,7-8H2,1-2H3,(H,20,21);2*1H. The van der Waals surface area contributed by atoms with Gasteiger partial charge in [0, 0.05) is 12.1 Å². The maximum absolute atomic E-state index is 12.4. The third kappa shape index (κ3) is 4.31. The minimum absolute atomic E-state index is 0. The highest BCUT2D eigenvalue weighted by molar-refractivity contribution is 5.94. The van der Waals surface area contributed by atoms with Gasteiger partial charge in [-0.15, -0.1) is 24.8 Å². The van der Waals surface area contributed by atoms with Gasteiger partial charge in [-0.2, -0.15) is 0 Å². The van der Waals surface area contributed by atoms with Gasteiger partial charge < -0.3 is 10.6 Å². The normalized spacial score (nSPS) is 23.5. The number of hydrogen-bond acceptors (Lipinski definition) is 4. The van der Waals surface area contributed by atoms with Crippen LogP contribution in [0.4, 0.5) is 0 Å². The molecule has 0 bridgehead atoms. The molecule has 3 atom stereocenters. The topological polar surface area (TPSA) is 66.9 Å². The maximum Gasteiger partial charge on any atom is 0.271 e. The maximum atomic E-state index is 12.4. The molecule has 2 N–H and O–H groups in total. The highest BCUT2D eigenvalue weighted by Gasteiger charge is 2.29. The number of piperidine rings is 1. The minimum Gasteiger partial charge on any atom is -0.346 e. The second-order valence-electron chi connectivity index (χ2n) is 5.75. The van der Waals surface area contributed by atoms with E-state index in [1.165, 1.54) is 0 Å². The van der Waals surface area contributed by atoms with Gasteiger partial charge in [-0.1, -0.05) is 19.1 Å². The highest BCUT2D eigenvalue weighted by atomic mass is 35.5. The predicted octanol–water partition coefficient (Wildman–Crippen LogP) is 2.59. The third-order valence-corrected chi connectivity index (χ3v) is 4.20. The van der Waals surface area contributed by atoms with Crippen molar-refractivity contribution in [2.24, 2.45) is 5.92 Å². The molecular weight excluding hydrogens is 335 g/mol. The summed E-state index contributed by atoms with van der Waals surface area (Å²) >= 11 is 0. The number of halogens is 2. The lowest BCUT2D eigenvalue weighted by Crippen LogP contribution is -2.56. The van der Waals surface area contributed by atoms with Crippen molar-refractivity contribution in [2.45, 2.75) is 32.4 Å². The molecular formula is C16H22Cl2N4O. The SMILES string of the molecule is CC1CCNC(C)C1NC(=O)c1cnc2ccccc2n1.Cl.Cl. The Bertz CT molecular complexity index is 657. The number of carbonyl (C=O) groups excluding carboxylic acids is 1. The van der Waals surface area contributed by atoms with Gasteiger partial charge in [-0.3, -0.25) is 9.78 Å². The second kappa shape index (κ2) is 8.43. The Hall–Kier alpha value is -1.43. The summed E-state index contributed by atoms with van der Waals surface area (Å²) in [6.45, 7) is 5.28. The zero-order valence-corrected chi connectivity index (χ0v) is 14.8. The Morgan fingerprint density at radius 2 is 1.91 bits per heavy atom. The molecule has 7 heteroatoms. The smallest absolute Gasteiger partial charge is 0.271 e. The van der Waals surface area contributed by atoms with Crippen LogP contribution >= 0.6 is 24.8 Å². The summed E-state index contributed by atoms with van der Waals surface area (Å²) in [5.41, 5.74) is 1.92. The lowest BCUT2D eigenvalue weighted by molar-refractivity contribution is 0.0892. The molecule has 2 heterocycles. The number of hydrogen-bond donors (Lipinski definition) is 2. The molecule has 1 aliphatic heterocycles. The van der Waals surface area contributed by atoms with E-state index in [1.54, 1.807) is 6.20 Å². The molecule has 3 rings (SSSR count). The van der Waals surface area contributed by atoms with Gasteiger partial charge in [0.1, 0.15) is 5.69 Å². The molecule has 23 heavy (non-hydrogen) atoms. The van der Waals surface area contributed by atoms with Crippen LogP contribution in [0.2, 0.25) is 0 Å². The molecule has 1 aliphatic rings. The van der Waals surface area contributed by atoms with Gasteiger partial charge in [0.25, 0.3) is 5.91 Å². The molecule has 2 aromatic rings. The second-order valence-corrected chi connectivity index (χ2v) is 5.75. The van der Waals surface area contributed by atoms with E-state index in [4.69, 9.17) is 0 Å². The summed E-state index contributed by atoms with van der Waals surface area (Å²) in [4.78, 5) is 21.1. The number of para-hydroxylation sites is 2. The third-order valence-electron chi connectivity index (χ3n) is 4.20. The summed E-state index contributed by atoms with van der Waals surface area (Å²) in [7, 11) is 0. The molecule has 1 fully saturated rings. The van der Waals surface area contributed by atoms with Crippen LogP contribution in [-0.4, -0.2) is 34.5 Å². The zero-order chi connectivity index (χ0) is 14.8. The Morgan fingerprint density at radius 1 is 1.22 bits per heavy atom. The van der Waals surface area contributed by atoms with E-state index in [-0.39, 0.29) is 42.8 Å². The number of nitrogens with zero attached hydrogens (tertiary/aromatic N) is 2. The van der Waals surface area contributed by atoms with Crippen molar-refractivity contribution < 1.29 is 4.79 Å². The lowest BCUT2D eigenvalue weighted by atomic mass is 9.89. The average Bonchev–Trinajstić information content (AvgIpc) is 2.50.